The average Bonchev–Trinajstić information content (AvgIpc) is 3.00. The molecule has 7 heteroatoms. The summed E-state index contributed by atoms with van der Waals surface area (Å²) in [7, 11) is 3.54. The van der Waals surface area contributed by atoms with Gasteiger partial charge in [-0.3, -0.25) is 14.9 Å². The highest BCUT2D eigenvalue weighted by Gasteiger charge is 2.61. The fourth-order valence-electron chi connectivity index (χ4n) is 4.58. The number of rotatable bonds is 5. The van der Waals surface area contributed by atoms with Crippen molar-refractivity contribution in [1.82, 2.24) is 4.90 Å². The molecule has 136 valence electrons. The summed E-state index contributed by atoms with van der Waals surface area (Å²) in [6.07, 6.45) is 1.21. The van der Waals surface area contributed by atoms with Crippen LogP contribution in [0.15, 0.2) is 24.3 Å². The third kappa shape index (κ3) is 2.86. The van der Waals surface area contributed by atoms with Gasteiger partial charge in [0.1, 0.15) is 5.69 Å². The fraction of sp³-hybridized carbons (Fsp3) is 0.611. The number of para-hydroxylation sites is 2. The second kappa shape index (κ2) is 6.29. The molecule has 1 aromatic rings. The van der Waals surface area contributed by atoms with Crippen molar-refractivity contribution in [2.24, 2.45) is 11.3 Å². The van der Waals surface area contributed by atoms with Gasteiger partial charge in [0.15, 0.2) is 0 Å². The number of carbonyl (C=O) groups is 1. The monoisotopic (exact) mass is 347 g/mol. The molecule has 1 amide bonds. The molecular formula is C18H25N3O4. The molecule has 2 fully saturated rings. The van der Waals surface area contributed by atoms with E-state index < -0.39 is 4.92 Å². The van der Waals surface area contributed by atoms with Gasteiger partial charge in [-0.15, -0.1) is 0 Å². The molecule has 1 aromatic carbocycles. The Bertz CT molecular complexity index is 691. The van der Waals surface area contributed by atoms with Crippen molar-refractivity contribution in [3.05, 3.63) is 34.4 Å². The lowest BCUT2D eigenvalue weighted by molar-refractivity contribution is -0.384. The number of nitro benzene ring substituents is 1. The molecule has 0 N–H and O–H groups in total. The summed E-state index contributed by atoms with van der Waals surface area (Å²) in [6, 6.07) is 6.63. The molecule has 7 nitrogen and oxygen atoms in total. The molecule has 25 heavy (non-hydrogen) atoms. The van der Waals surface area contributed by atoms with Gasteiger partial charge in [0, 0.05) is 44.1 Å². The lowest BCUT2D eigenvalue weighted by Crippen LogP contribution is -2.67. The van der Waals surface area contributed by atoms with E-state index in [0.717, 1.165) is 13.0 Å². The number of hydrogen-bond acceptors (Lipinski definition) is 5. The van der Waals surface area contributed by atoms with Crippen LogP contribution in [0.3, 0.4) is 0 Å². The number of amides is 1. The topological polar surface area (TPSA) is 75.9 Å². The second-order valence-corrected chi connectivity index (χ2v) is 7.62. The minimum atomic E-state index is -0.421. The number of benzene rings is 1. The molecule has 0 unspecified atom stereocenters. The van der Waals surface area contributed by atoms with E-state index >= 15 is 0 Å². The van der Waals surface area contributed by atoms with E-state index in [0.29, 0.717) is 11.6 Å². The van der Waals surface area contributed by atoms with Crippen molar-refractivity contribution in [2.75, 3.05) is 32.1 Å². The maximum absolute atomic E-state index is 12.8. The van der Waals surface area contributed by atoms with Crippen LogP contribution in [0, 0.1) is 21.4 Å². The first-order valence-corrected chi connectivity index (χ1v) is 8.57. The zero-order chi connectivity index (χ0) is 18.4. The van der Waals surface area contributed by atoms with Gasteiger partial charge in [0.05, 0.1) is 17.6 Å². The first kappa shape index (κ1) is 17.7. The number of hydrogen-bond donors (Lipinski definition) is 0. The molecule has 1 saturated carbocycles. The summed E-state index contributed by atoms with van der Waals surface area (Å²) < 4.78 is 5.80. The van der Waals surface area contributed by atoms with Gasteiger partial charge in [-0.2, -0.15) is 0 Å². The van der Waals surface area contributed by atoms with Crippen LogP contribution in [0.2, 0.25) is 0 Å². The predicted octanol–water partition coefficient (Wildman–Crippen LogP) is 2.30. The van der Waals surface area contributed by atoms with E-state index in [2.05, 4.69) is 13.8 Å². The number of ether oxygens (including phenoxy) is 1. The maximum atomic E-state index is 12.8. The summed E-state index contributed by atoms with van der Waals surface area (Å²) in [5.41, 5.74) is 0.390. The minimum Gasteiger partial charge on any atom is -0.377 e. The highest BCUT2D eigenvalue weighted by molar-refractivity contribution is 5.82. The van der Waals surface area contributed by atoms with Gasteiger partial charge < -0.3 is 14.5 Å². The van der Waals surface area contributed by atoms with Crippen molar-refractivity contribution in [3.63, 3.8) is 0 Å². The number of likely N-dealkylation sites (N-methyl/N-ethyl adjacent to an activating group) is 2. The first-order valence-electron chi connectivity index (χ1n) is 8.57. The van der Waals surface area contributed by atoms with Crippen molar-refractivity contribution < 1.29 is 14.5 Å². The highest BCUT2D eigenvalue weighted by atomic mass is 16.6. The molecule has 1 saturated heterocycles. The summed E-state index contributed by atoms with van der Waals surface area (Å²) >= 11 is 0. The van der Waals surface area contributed by atoms with Crippen molar-refractivity contribution >= 4 is 17.3 Å². The molecule has 1 aliphatic heterocycles. The summed E-state index contributed by atoms with van der Waals surface area (Å²) in [4.78, 5) is 27.0. The zero-order valence-corrected chi connectivity index (χ0v) is 15.1. The number of nitro groups is 1. The number of anilines is 1. The third-order valence-electron chi connectivity index (χ3n) is 5.71. The normalized spacial score (nSPS) is 26.5. The summed E-state index contributed by atoms with van der Waals surface area (Å²) in [6.45, 7) is 5.14. The molecule has 1 heterocycles. The number of carbonyl (C=O) groups excluding carboxylic acids is 1. The van der Waals surface area contributed by atoms with Crippen molar-refractivity contribution in [2.45, 2.75) is 32.4 Å². The minimum absolute atomic E-state index is 0.00804. The largest absolute Gasteiger partial charge is 0.377 e. The first-order chi connectivity index (χ1) is 11.7. The van der Waals surface area contributed by atoms with E-state index in [9.17, 15) is 14.9 Å². The smallest absolute Gasteiger partial charge is 0.292 e. The van der Waals surface area contributed by atoms with E-state index in [1.54, 1.807) is 35.0 Å². The fourth-order valence-corrected chi connectivity index (χ4v) is 4.58. The predicted molar refractivity (Wildman–Crippen MR) is 94.6 cm³/mol. The Hall–Kier alpha value is -2.15. The molecule has 0 radical (unpaired) electrons. The lowest BCUT2D eigenvalue weighted by atomic mass is 9.57. The molecule has 1 aliphatic carbocycles. The molecule has 2 aliphatic rings. The molecule has 0 spiro atoms. The molecular weight excluding hydrogens is 322 g/mol. The van der Waals surface area contributed by atoms with Crippen LogP contribution in [-0.2, 0) is 9.53 Å². The van der Waals surface area contributed by atoms with Crippen LogP contribution in [0.5, 0.6) is 0 Å². The van der Waals surface area contributed by atoms with Gasteiger partial charge in [-0.25, -0.2) is 0 Å². The standard InChI is InChI=1S/C18H25N3O4/c1-18(2)16(12-9-10-25-17(12)18)20(4)15(22)11-19(3)13-7-5-6-8-14(13)21(23)24/h5-8,12,16-17H,9-11H2,1-4H3/t12-,16-,17-/m1/s1. The molecule has 3 atom stereocenters. The number of fused-ring (bicyclic) bond motifs is 1. The van der Waals surface area contributed by atoms with Crippen LogP contribution in [0.4, 0.5) is 11.4 Å². The Labute approximate surface area is 147 Å². The Kier molecular flexibility index (Phi) is 4.45. The highest BCUT2D eigenvalue weighted by Crippen LogP contribution is 2.54. The van der Waals surface area contributed by atoms with Gasteiger partial charge in [-0.1, -0.05) is 26.0 Å². The number of nitrogens with zero attached hydrogens (tertiary/aromatic N) is 3. The summed E-state index contributed by atoms with van der Waals surface area (Å²) in [5, 5.41) is 11.2. The SMILES string of the molecule is CN(CC(=O)N(C)[C@@H]1[C@H]2CCO[C@H]2C1(C)C)c1ccccc1[N+](=O)[O-]. The lowest BCUT2D eigenvalue weighted by Gasteiger charge is -2.57. The maximum Gasteiger partial charge on any atom is 0.292 e. The van der Waals surface area contributed by atoms with Crippen LogP contribution in [0.25, 0.3) is 0 Å². The van der Waals surface area contributed by atoms with Crippen molar-refractivity contribution in [3.8, 4) is 0 Å². The summed E-state index contributed by atoms with van der Waals surface area (Å²) in [5.74, 6) is 0.351. The van der Waals surface area contributed by atoms with Gasteiger partial charge in [0.2, 0.25) is 5.91 Å². The van der Waals surface area contributed by atoms with E-state index in [-0.39, 0.29) is 35.7 Å². The molecule has 3 rings (SSSR count). The van der Waals surface area contributed by atoms with Crippen LogP contribution in [0.1, 0.15) is 20.3 Å². The Morgan fingerprint density at radius 1 is 1.36 bits per heavy atom. The zero-order valence-electron chi connectivity index (χ0n) is 15.1. The van der Waals surface area contributed by atoms with Crippen LogP contribution >= 0.6 is 0 Å². The Balaban J connectivity index is 1.71. The van der Waals surface area contributed by atoms with Crippen LogP contribution in [-0.4, -0.2) is 55.1 Å². The Morgan fingerprint density at radius 3 is 2.72 bits per heavy atom. The molecule has 0 aromatic heterocycles. The Morgan fingerprint density at radius 2 is 2.04 bits per heavy atom. The third-order valence-corrected chi connectivity index (χ3v) is 5.71. The quantitative estimate of drug-likeness (QED) is 0.603. The van der Waals surface area contributed by atoms with E-state index in [1.165, 1.54) is 6.07 Å². The van der Waals surface area contributed by atoms with Crippen LogP contribution < -0.4 is 4.90 Å². The van der Waals surface area contributed by atoms with E-state index in [1.807, 2.05) is 7.05 Å². The van der Waals surface area contributed by atoms with E-state index in [4.69, 9.17) is 4.74 Å². The van der Waals surface area contributed by atoms with Gasteiger partial charge in [-0.05, 0) is 12.5 Å². The molecule has 0 bridgehead atoms. The average molecular weight is 347 g/mol. The van der Waals surface area contributed by atoms with Gasteiger partial charge in [0.25, 0.3) is 5.69 Å². The second-order valence-electron chi connectivity index (χ2n) is 7.62. The van der Waals surface area contributed by atoms with Gasteiger partial charge >= 0.3 is 0 Å². The van der Waals surface area contributed by atoms with Crippen molar-refractivity contribution in [1.29, 1.82) is 0 Å².